The second-order valence-corrected chi connectivity index (χ2v) is 4.07. The van der Waals surface area contributed by atoms with Crippen LogP contribution in [-0.2, 0) is 4.74 Å². The van der Waals surface area contributed by atoms with Gasteiger partial charge in [0.05, 0.1) is 6.61 Å². The molecule has 0 radical (unpaired) electrons. The van der Waals surface area contributed by atoms with Gasteiger partial charge in [0.2, 0.25) is 0 Å². The lowest BCUT2D eigenvalue weighted by atomic mass is 9.92. The first-order valence-corrected chi connectivity index (χ1v) is 4.79. The number of likely N-dealkylation sites (N-methyl/N-ethyl adjacent to an activating group) is 2. The van der Waals surface area contributed by atoms with Crippen LogP contribution in [0.25, 0.3) is 0 Å². The van der Waals surface area contributed by atoms with Gasteiger partial charge in [0.15, 0.2) is 0 Å². The van der Waals surface area contributed by atoms with Gasteiger partial charge in [0.1, 0.15) is 5.60 Å². The van der Waals surface area contributed by atoms with Crippen molar-refractivity contribution in [3.63, 3.8) is 0 Å². The summed E-state index contributed by atoms with van der Waals surface area (Å²) in [6.45, 7) is 8.75. The Morgan fingerprint density at radius 2 is 2.08 bits per heavy atom. The van der Waals surface area contributed by atoms with E-state index < -0.39 is 0 Å². The van der Waals surface area contributed by atoms with Crippen molar-refractivity contribution in [2.24, 2.45) is 0 Å². The van der Waals surface area contributed by atoms with Gasteiger partial charge in [-0.25, -0.2) is 0 Å². The van der Waals surface area contributed by atoms with Crippen LogP contribution in [0.4, 0.5) is 0 Å². The molecular formula is C9H18N2O. The Morgan fingerprint density at radius 1 is 1.33 bits per heavy atom. The maximum atomic E-state index is 5.82. The van der Waals surface area contributed by atoms with Crippen molar-refractivity contribution in [1.29, 1.82) is 0 Å². The predicted molar refractivity (Wildman–Crippen MR) is 48.3 cm³/mol. The smallest absolute Gasteiger partial charge is 0.106 e. The second kappa shape index (κ2) is 2.98. The van der Waals surface area contributed by atoms with Gasteiger partial charge in [-0.2, -0.15) is 0 Å². The Hall–Kier alpha value is -0.120. The summed E-state index contributed by atoms with van der Waals surface area (Å²) in [5.41, 5.74) is 0.197. The summed E-state index contributed by atoms with van der Waals surface area (Å²) in [4.78, 5) is 4.80. The molecule has 0 unspecified atom stereocenters. The van der Waals surface area contributed by atoms with Gasteiger partial charge in [-0.1, -0.05) is 6.92 Å². The SMILES string of the molecule is CCN1CC2(CN(C)CCO2)C1. The van der Waals surface area contributed by atoms with Crippen molar-refractivity contribution in [1.82, 2.24) is 9.80 Å². The highest BCUT2D eigenvalue weighted by Crippen LogP contribution is 2.27. The number of likely N-dealkylation sites (tertiary alicyclic amines) is 1. The van der Waals surface area contributed by atoms with Crippen molar-refractivity contribution < 1.29 is 4.74 Å². The second-order valence-electron chi connectivity index (χ2n) is 4.07. The molecule has 1 spiro atoms. The van der Waals surface area contributed by atoms with Crippen LogP contribution in [0, 0.1) is 0 Å². The highest BCUT2D eigenvalue weighted by Gasteiger charge is 2.45. The number of morpholine rings is 1. The summed E-state index contributed by atoms with van der Waals surface area (Å²) in [5, 5.41) is 0. The minimum absolute atomic E-state index is 0.197. The predicted octanol–water partition coefficient (Wildman–Crippen LogP) is 0.0227. The molecule has 3 heteroatoms. The van der Waals surface area contributed by atoms with E-state index in [1.807, 2.05) is 0 Å². The van der Waals surface area contributed by atoms with Crippen LogP contribution >= 0.6 is 0 Å². The lowest BCUT2D eigenvalue weighted by Gasteiger charge is -2.53. The van der Waals surface area contributed by atoms with Gasteiger partial charge in [0.25, 0.3) is 0 Å². The average Bonchev–Trinajstić information content (AvgIpc) is 1.99. The fourth-order valence-corrected chi connectivity index (χ4v) is 2.22. The lowest BCUT2D eigenvalue weighted by molar-refractivity contribution is -0.178. The van der Waals surface area contributed by atoms with Crippen molar-refractivity contribution in [2.45, 2.75) is 12.5 Å². The first kappa shape index (κ1) is 8.48. The Bertz CT molecular complexity index is 166. The first-order valence-electron chi connectivity index (χ1n) is 4.79. The van der Waals surface area contributed by atoms with Crippen LogP contribution in [0.1, 0.15) is 6.92 Å². The third kappa shape index (κ3) is 1.37. The van der Waals surface area contributed by atoms with Gasteiger partial charge >= 0.3 is 0 Å². The monoisotopic (exact) mass is 170 g/mol. The topological polar surface area (TPSA) is 15.7 Å². The fraction of sp³-hybridized carbons (Fsp3) is 1.00. The Balaban J connectivity index is 1.88. The molecule has 0 aliphatic carbocycles. The van der Waals surface area contributed by atoms with Gasteiger partial charge in [-0.3, -0.25) is 4.90 Å². The highest BCUT2D eigenvalue weighted by molar-refractivity contribution is 5.00. The van der Waals surface area contributed by atoms with Crippen LogP contribution in [0.5, 0.6) is 0 Å². The zero-order chi connectivity index (χ0) is 8.60. The van der Waals surface area contributed by atoms with Gasteiger partial charge in [0, 0.05) is 26.2 Å². The minimum Gasteiger partial charge on any atom is -0.370 e. The van der Waals surface area contributed by atoms with Crippen LogP contribution in [0.15, 0.2) is 0 Å². The van der Waals surface area contributed by atoms with E-state index in [1.54, 1.807) is 0 Å². The number of ether oxygens (including phenoxy) is 1. The fourth-order valence-electron chi connectivity index (χ4n) is 2.22. The molecule has 2 rings (SSSR count). The molecule has 0 saturated carbocycles. The molecular weight excluding hydrogens is 152 g/mol. The molecule has 0 bridgehead atoms. The zero-order valence-electron chi connectivity index (χ0n) is 8.05. The van der Waals surface area contributed by atoms with E-state index in [0.29, 0.717) is 0 Å². The van der Waals surface area contributed by atoms with E-state index in [9.17, 15) is 0 Å². The molecule has 70 valence electrons. The molecule has 2 aliphatic rings. The highest BCUT2D eigenvalue weighted by atomic mass is 16.5. The number of hydrogen-bond acceptors (Lipinski definition) is 3. The van der Waals surface area contributed by atoms with E-state index in [4.69, 9.17) is 4.74 Å². The minimum atomic E-state index is 0.197. The van der Waals surface area contributed by atoms with Crippen molar-refractivity contribution in [3.8, 4) is 0 Å². The Kier molecular flexibility index (Phi) is 2.10. The average molecular weight is 170 g/mol. The summed E-state index contributed by atoms with van der Waals surface area (Å²) in [7, 11) is 2.18. The molecule has 0 N–H and O–H groups in total. The third-order valence-corrected chi connectivity index (χ3v) is 2.91. The summed E-state index contributed by atoms with van der Waals surface area (Å²) in [6, 6.07) is 0. The van der Waals surface area contributed by atoms with Gasteiger partial charge < -0.3 is 9.64 Å². The molecule has 2 aliphatic heterocycles. The first-order chi connectivity index (χ1) is 5.74. The molecule has 0 amide bonds. The maximum Gasteiger partial charge on any atom is 0.106 e. The molecule has 0 atom stereocenters. The standard InChI is InChI=1S/C9H18N2O/c1-3-11-7-9(8-11)6-10(2)4-5-12-9/h3-8H2,1-2H3. The van der Waals surface area contributed by atoms with Crippen LogP contribution in [-0.4, -0.2) is 61.8 Å². The van der Waals surface area contributed by atoms with E-state index in [2.05, 4.69) is 23.8 Å². The molecule has 12 heavy (non-hydrogen) atoms. The number of rotatable bonds is 1. The Labute approximate surface area is 74.3 Å². The molecule has 0 aromatic rings. The largest absolute Gasteiger partial charge is 0.370 e. The van der Waals surface area contributed by atoms with E-state index >= 15 is 0 Å². The Morgan fingerprint density at radius 3 is 2.67 bits per heavy atom. The third-order valence-electron chi connectivity index (χ3n) is 2.91. The van der Waals surface area contributed by atoms with Crippen molar-refractivity contribution >= 4 is 0 Å². The summed E-state index contributed by atoms with van der Waals surface area (Å²) in [6.07, 6.45) is 0. The van der Waals surface area contributed by atoms with E-state index in [0.717, 1.165) is 39.3 Å². The van der Waals surface area contributed by atoms with Crippen LogP contribution in [0.2, 0.25) is 0 Å². The molecule has 2 fully saturated rings. The van der Waals surface area contributed by atoms with E-state index in [-0.39, 0.29) is 5.60 Å². The summed E-state index contributed by atoms with van der Waals surface area (Å²) in [5.74, 6) is 0. The van der Waals surface area contributed by atoms with Gasteiger partial charge in [-0.05, 0) is 13.6 Å². The van der Waals surface area contributed by atoms with E-state index in [1.165, 1.54) is 0 Å². The summed E-state index contributed by atoms with van der Waals surface area (Å²) < 4.78 is 5.82. The van der Waals surface area contributed by atoms with Gasteiger partial charge in [-0.15, -0.1) is 0 Å². The van der Waals surface area contributed by atoms with Crippen LogP contribution in [0.3, 0.4) is 0 Å². The van der Waals surface area contributed by atoms with Crippen LogP contribution < -0.4 is 0 Å². The molecule has 2 heterocycles. The number of hydrogen-bond donors (Lipinski definition) is 0. The number of nitrogens with zero attached hydrogens (tertiary/aromatic N) is 2. The molecule has 0 aromatic carbocycles. The molecule has 3 nitrogen and oxygen atoms in total. The zero-order valence-corrected chi connectivity index (χ0v) is 8.05. The van der Waals surface area contributed by atoms with Crippen molar-refractivity contribution in [2.75, 3.05) is 46.4 Å². The maximum absolute atomic E-state index is 5.82. The quantitative estimate of drug-likeness (QED) is 0.552. The normalized spacial score (nSPS) is 30.5. The summed E-state index contributed by atoms with van der Waals surface area (Å²) >= 11 is 0. The molecule has 0 aromatic heterocycles. The molecule has 2 saturated heterocycles. The lowest BCUT2D eigenvalue weighted by Crippen LogP contribution is -2.69. The van der Waals surface area contributed by atoms with Crippen molar-refractivity contribution in [3.05, 3.63) is 0 Å².